The van der Waals surface area contributed by atoms with E-state index in [2.05, 4.69) is 44.5 Å². The van der Waals surface area contributed by atoms with E-state index in [0.29, 0.717) is 12.8 Å². The second-order valence-corrected chi connectivity index (χ2v) is 6.15. The second kappa shape index (κ2) is 7.76. The Morgan fingerprint density at radius 1 is 1.24 bits per heavy atom. The lowest BCUT2D eigenvalue weighted by atomic mass is 9.63. The molecule has 0 saturated carbocycles. The van der Waals surface area contributed by atoms with Crippen molar-refractivity contribution in [1.29, 1.82) is 0 Å². The van der Waals surface area contributed by atoms with Gasteiger partial charge in [0.25, 0.3) is 0 Å². The topological polar surface area (TPSA) is 17.1 Å². The Morgan fingerprint density at radius 3 is 2.52 bits per heavy atom. The highest BCUT2D eigenvalue weighted by Crippen LogP contribution is 2.46. The third-order valence-electron chi connectivity index (χ3n) is 4.41. The number of ketones is 1. The molecule has 0 heterocycles. The third kappa shape index (κ3) is 4.28. The van der Waals surface area contributed by atoms with Crippen LogP contribution in [-0.2, 0) is 4.79 Å². The number of terminal acetylenes is 2. The highest BCUT2D eigenvalue weighted by Gasteiger charge is 2.40. The van der Waals surface area contributed by atoms with Crippen molar-refractivity contribution in [2.75, 3.05) is 0 Å². The molecular weight excluding hydrogens is 256 g/mol. The number of Topliss-reactive ketones (excluding diaryl/α,β-unsaturated/α-hetero) is 1. The predicted octanol–water partition coefficient (Wildman–Crippen LogP) is 4.14. The third-order valence-corrected chi connectivity index (χ3v) is 4.41. The monoisotopic (exact) mass is 280 g/mol. The van der Waals surface area contributed by atoms with Gasteiger partial charge in [0.1, 0.15) is 0 Å². The van der Waals surface area contributed by atoms with Gasteiger partial charge >= 0.3 is 0 Å². The van der Waals surface area contributed by atoms with E-state index in [1.807, 2.05) is 0 Å². The van der Waals surface area contributed by atoms with Gasteiger partial charge in [-0.25, -0.2) is 0 Å². The van der Waals surface area contributed by atoms with E-state index in [1.165, 1.54) is 11.1 Å². The number of hydrogen-bond acceptors (Lipinski definition) is 1. The average molecular weight is 280 g/mol. The highest BCUT2D eigenvalue weighted by molar-refractivity contribution is 5.98. The molecule has 0 bridgehead atoms. The largest absolute Gasteiger partial charge is 0.285 e. The molecule has 1 rings (SSSR count). The number of carbonyl (C=O) groups excluding carboxylic acids is 1. The molecule has 0 spiro atoms. The van der Waals surface area contributed by atoms with Gasteiger partial charge in [-0.15, -0.1) is 24.7 Å². The maximum absolute atomic E-state index is 12.4. The normalized spacial score (nSPS) is 20.0. The van der Waals surface area contributed by atoms with Crippen LogP contribution in [0.25, 0.3) is 0 Å². The summed E-state index contributed by atoms with van der Waals surface area (Å²) in [5.74, 6) is 10.9. The molecule has 1 atom stereocenters. The summed E-state index contributed by atoms with van der Waals surface area (Å²) in [5.41, 5.74) is 2.58. The fourth-order valence-electron chi connectivity index (χ4n) is 3.20. The van der Waals surface area contributed by atoms with E-state index in [9.17, 15) is 4.79 Å². The van der Waals surface area contributed by atoms with Crippen molar-refractivity contribution < 1.29 is 4.79 Å². The van der Waals surface area contributed by atoms with Crippen molar-refractivity contribution in [1.82, 2.24) is 0 Å². The summed E-state index contributed by atoms with van der Waals surface area (Å²) in [5, 5.41) is 0. The zero-order valence-corrected chi connectivity index (χ0v) is 13.4. The SMILES string of the molecule is C#CCCC#CC(=O)C1CCC(C)=C(CCC#C)C1(C)C. The van der Waals surface area contributed by atoms with Crippen molar-refractivity contribution in [3.8, 4) is 36.5 Å². The van der Waals surface area contributed by atoms with Gasteiger partial charge in [0.2, 0.25) is 5.78 Å². The highest BCUT2D eigenvalue weighted by atomic mass is 16.1. The number of carbonyl (C=O) groups is 1. The van der Waals surface area contributed by atoms with Crippen LogP contribution in [0.5, 0.6) is 0 Å². The van der Waals surface area contributed by atoms with Crippen LogP contribution >= 0.6 is 0 Å². The van der Waals surface area contributed by atoms with E-state index in [0.717, 1.165) is 25.7 Å². The molecule has 0 fully saturated rings. The summed E-state index contributed by atoms with van der Waals surface area (Å²) < 4.78 is 0. The molecule has 0 N–H and O–H groups in total. The zero-order valence-electron chi connectivity index (χ0n) is 13.4. The van der Waals surface area contributed by atoms with Gasteiger partial charge in [0.15, 0.2) is 0 Å². The van der Waals surface area contributed by atoms with Crippen molar-refractivity contribution in [3.63, 3.8) is 0 Å². The standard InChI is InChI=1S/C20H24O/c1-6-8-10-11-13-19(21)18-15-14-16(3)17(12-9-7-2)20(18,4)5/h1-2,18H,8-10,12,14-15H2,3-5H3. The molecule has 0 aromatic carbocycles. The van der Waals surface area contributed by atoms with Crippen LogP contribution in [0.4, 0.5) is 0 Å². The average Bonchev–Trinajstić information content (AvgIpc) is 2.42. The minimum Gasteiger partial charge on any atom is -0.285 e. The molecule has 0 aliphatic heterocycles. The molecule has 0 saturated heterocycles. The van der Waals surface area contributed by atoms with E-state index in [-0.39, 0.29) is 17.1 Å². The predicted molar refractivity (Wildman–Crippen MR) is 88.1 cm³/mol. The van der Waals surface area contributed by atoms with Gasteiger partial charge in [0.05, 0.1) is 0 Å². The number of hydrogen-bond donors (Lipinski definition) is 0. The molecule has 1 aliphatic carbocycles. The minimum absolute atomic E-state index is 0.0349. The first-order valence-corrected chi connectivity index (χ1v) is 7.53. The summed E-state index contributed by atoms with van der Waals surface area (Å²) >= 11 is 0. The summed E-state index contributed by atoms with van der Waals surface area (Å²) in [6.45, 7) is 6.45. The number of unbranched alkanes of at least 4 members (excludes halogenated alkanes) is 1. The lowest BCUT2D eigenvalue weighted by molar-refractivity contribution is -0.120. The summed E-state index contributed by atoms with van der Waals surface area (Å²) in [6.07, 6.45) is 15.2. The Labute approximate surface area is 129 Å². The molecule has 0 amide bonds. The Bertz CT molecular complexity index is 564. The lowest BCUT2D eigenvalue weighted by Gasteiger charge is -2.40. The van der Waals surface area contributed by atoms with Gasteiger partial charge in [-0.1, -0.05) is 30.9 Å². The molecule has 1 heteroatoms. The van der Waals surface area contributed by atoms with Gasteiger partial charge in [-0.3, -0.25) is 4.79 Å². The molecule has 1 aliphatic rings. The van der Waals surface area contributed by atoms with Crippen LogP contribution in [0.1, 0.15) is 59.3 Å². The van der Waals surface area contributed by atoms with Crippen LogP contribution in [0, 0.1) is 47.9 Å². The van der Waals surface area contributed by atoms with Crippen LogP contribution in [0.15, 0.2) is 11.1 Å². The first-order chi connectivity index (χ1) is 9.95. The first-order valence-electron chi connectivity index (χ1n) is 7.53. The zero-order chi connectivity index (χ0) is 15.9. The lowest BCUT2D eigenvalue weighted by Crippen LogP contribution is -2.35. The Morgan fingerprint density at radius 2 is 1.90 bits per heavy atom. The van der Waals surface area contributed by atoms with E-state index < -0.39 is 0 Å². The maximum Gasteiger partial charge on any atom is 0.209 e. The van der Waals surface area contributed by atoms with Crippen LogP contribution in [0.2, 0.25) is 0 Å². The van der Waals surface area contributed by atoms with Gasteiger partial charge in [-0.05, 0) is 37.5 Å². The quantitative estimate of drug-likeness (QED) is 0.327. The molecule has 21 heavy (non-hydrogen) atoms. The number of rotatable bonds is 4. The molecule has 0 aromatic heterocycles. The molecule has 1 unspecified atom stereocenters. The molecular formula is C20H24O. The fourth-order valence-corrected chi connectivity index (χ4v) is 3.20. The van der Waals surface area contributed by atoms with Crippen molar-refractivity contribution in [3.05, 3.63) is 11.1 Å². The second-order valence-electron chi connectivity index (χ2n) is 6.15. The van der Waals surface area contributed by atoms with Crippen LogP contribution in [0.3, 0.4) is 0 Å². The summed E-state index contributed by atoms with van der Waals surface area (Å²) in [4.78, 5) is 12.4. The van der Waals surface area contributed by atoms with Crippen molar-refractivity contribution in [2.45, 2.75) is 59.3 Å². The van der Waals surface area contributed by atoms with Crippen molar-refractivity contribution >= 4 is 5.78 Å². The summed E-state index contributed by atoms with van der Waals surface area (Å²) in [7, 11) is 0. The number of allylic oxidation sites excluding steroid dienone is 2. The smallest absolute Gasteiger partial charge is 0.209 e. The van der Waals surface area contributed by atoms with Gasteiger partial charge in [-0.2, -0.15) is 0 Å². The van der Waals surface area contributed by atoms with Crippen molar-refractivity contribution in [2.24, 2.45) is 11.3 Å². The minimum atomic E-state index is -0.156. The first kappa shape index (κ1) is 17.1. The Balaban J connectivity index is 2.91. The van der Waals surface area contributed by atoms with Gasteiger partial charge in [0, 0.05) is 25.2 Å². The Hall–Kier alpha value is -1.91. The van der Waals surface area contributed by atoms with Crippen LogP contribution < -0.4 is 0 Å². The molecule has 1 nitrogen and oxygen atoms in total. The maximum atomic E-state index is 12.4. The molecule has 0 radical (unpaired) electrons. The fraction of sp³-hybridized carbons (Fsp3) is 0.550. The van der Waals surface area contributed by atoms with E-state index in [1.54, 1.807) is 0 Å². The molecule has 0 aromatic rings. The van der Waals surface area contributed by atoms with E-state index >= 15 is 0 Å². The van der Waals surface area contributed by atoms with Crippen LogP contribution in [-0.4, -0.2) is 5.78 Å². The summed E-state index contributed by atoms with van der Waals surface area (Å²) in [6, 6.07) is 0. The Kier molecular flexibility index (Phi) is 6.34. The van der Waals surface area contributed by atoms with E-state index in [4.69, 9.17) is 12.8 Å². The molecule has 110 valence electrons. The van der Waals surface area contributed by atoms with Gasteiger partial charge < -0.3 is 0 Å².